The number of amides is 1. The number of sulfonamides is 1. The van der Waals surface area contributed by atoms with Crippen molar-refractivity contribution in [2.45, 2.75) is 76.3 Å². The highest BCUT2D eigenvalue weighted by Gasteiger charge is 2.32. The molecule has 0 unspecified atom stereocenters. The average Bonchev–Trinajstić information content (AvgIpc) is 2.62. The van der Waals surface area contributed by atoms with Crippen LogP contribution in [0.15, 0.2) is 23.1 Å². The van der Waals surface area contributed by atoms with E-state index >= 15 is 0 Å². The number of piperidine rings is 2. The summed E-state index contributed by atoms with van der Waals surface area (Å²) in [5.74, 6) is -0.0436. The van der Waals surface area contributed by atoms with Crippen LogP contribution in [0.2, 0.25) is 0 Å². The van der Waals surface area contributed by atoms with Gasteiger partial charge in [-0.2, -0.15) is 4.31 Å². The molecule has 2 fully saturated rings. The van der Waals surface area contributed by atoms with Crippen LogP contribution in [-0.4, -0.2) is 48.7 Å². The Morgan fingerprint density at radius 2 is 1.62 bits per heavy atom. The molecular formula is C20H30N2O3S. The number of carbonyl (C=O) groups excluding carboxylic acids is 1. The Hall–Kier alpha value is -1.40. The van der Waals surface area contributed by atoms with Gasteiger partial charge in [0.2, 0.25) is 10.0 Å². The molecule has 2 aliphatic heterocycles. The van der Waals surface area contributed by atoms with Gasteiger partial charge in [-0.05, 0) is 70.6 Å². The Balaban J connectivity index is 1.93. The van der Waals surface area contributed by atoms with Crippen molar-refractivity contribution in [2.24, 2.45) is 0 Å². The van der Waals surface area contributed by atoms with Crippen LogP contribution in [0.1, 0.15) is 68.3 Å². The highest BCUT2D eigenvalue weighted by atomic mass is 32.2. The molecule has 1 aromatic rings. The number of hydrogen-bond acceptors (Lipinski definition) is 3. The Kier molecular flexibility index (Phi) is 5.72. The zero-order valence-electron chi connectivity index (χ0n) is 16.1. The molecule has 1 aromatic carbocycles. The maximum absolute atomic E-state index is 13.2. The molecule has 0 spiro atoms. The number of aryl methyl sites for hydroxylation is 1. The highest BCUT2D eigenvalue weighted by Crippen LogP contribution is 2.28. The molecule has 5 nitrogen and oxygen atoms in total. The van der Waals surface area contributed by atoms with Crippen LogP contribution in [-0.2, 0) is 10.0 Å². The lowest BCUT2D eigenvalue weighted by Crippen LogP contribution is -2.47. The maximum atomic E-state index is 13.2. The van der Waals surface area contributed by atoms with E-state index in [2.05, 4.69) is 13.8 Å². The minimum atomic E-state index is -3.53. The van der Waals surface area contributed by atoms with Crippen LogP contribution in [0.5, 0.6) is 0 Å². The third kappa shape index (κ3) is 3.67. The summed E-state index contributed by atoms with van der Waals surface area (Å²) in [5.41, 5.74) is 1.35. The third-order valence-corrected chi connectivity index (χ3v) is 7.71. The largest absolute Gasteiger partial charge is 0.333 e. The van der Waals surface area contributed by atoms with Crippen molar-refractivity contribution in [1.82, 2.24) is 9.21 Å². The van der Waals surface area contributed by atoms with Gasteiger partial charge in [0.05, 0.1) is 4.90 Å². The lowest BCUT2D eigenvalue weighted by molar-refractivity contribution is 0.0510. The number of likely N-dealkylation sites (tertiary alicyclic amines) is 1. The fourth-order valence-electron chi connectivity index (χ4n) is 4.21. The molecule has 6 heteroatoms. The van der Waals surface area contributed by atoms with Crippen molar-refractivity contribution in [1.29, 1.82) is 0 Å². The lowest BCUT2D eigenvalue weighted by atomic mass is 9.95. The minimum Gasteiger partial charge on any atom is -0.333 e. The molecule has 2 heterocycles. The Labute approximate surface area is 157 Å². The molecule has 144 valence electrons. The van der Waals surface area contributed by atoms with Crippen LogP contribution in [0.4, 0.5) is 0 Å². The summed E-state index contributed by atoms with van der Waals surface area (Å²) in [6.07, 6.45) is 6.02. The van der Waals surface area contributed by atoms with Gasteiger partial charge in [-0.15, -0.1) is 0 Å². The number of benzene rings is 1. The molecule has 0 aliphatic carbocycles. The molecule has 2 saturated heterocycles. The van der Waals surface area contributed by atoms with Crippen molar-refractivity contribution >= 4 is 15.9 Å². The smallest absolute Gasteiger partial charge is 0.254 e. The molecule has 0 aromatic heterocycles. The number of hydrogen-bond donors (Lipinski definition) is 0. The first-order valence-corrected chi connectivity index (χ1v) is 11.2. The first kappa shape index (κ1) is 19.4. The molecule has 0 N–H and O–H groups in total. The van der Waals surface area contributed by atoms with Gasteiger partial charge in [0.25, 0.3) is 5.91 Å². The molecule has 3 rings (SSSR count). The summed E-state index contributed by atoms with van der Waals surface area (Å²) >= 11 is 0. The van der Waals surface area contributed by atoms with Crippen molar-refractivity contribution in [3.05, 3.63) is 29.3 Å². The summed E-state index contributed by atoms with van der Waals surface area (Å²) in [4.78, 5) is 15.4. The predicted octanol–water partition coefficient (Wildman–Crippen LogP) is 3.57. The van der Waals surface area contributed by atoms with E-state index in [1.165, 1.54) is 0 Å². The third-order valence-electron chi connectivity index (χ3n) is 5.82. The van der Waals surface area contributed by atoms with E-state index < -0.39 is 10.0 Å². The van der Waals surface area contributed by atoms with E-state index in [4.69, 9.17) is 0 Å². The van der Waals surface area contributed by atoms with E-state index in [9.17, 15) is 13.2 Å². The summed E-state index contributed by atoms with van der Waals surface area (Å²) in [6, 6.07) is 5.37. The van der Waals surface area contributed by atoms with Gasteiger partial charge in [-0.1, -0.05) is 12.5 Å². The number of nitrogens with zero attached hydrogens (tertiary/aromatic N) is 2. The van der Waals surface area contributed by atoms with Gasteiger partial charge >= 0.3 is 0 Å². The van der Waals surface area contributed by atoms with E-state index in [1.54, 1.807) is 22.5 Å². The van der Waals surface area contributed by atoms with Crippen molar-refractivity contribution < 1.29 is 13.2 Å². The summed E-state index contributed by atoms with van der Waals surface area (Å²) in [5, 5.41) is 0. The van der Waals surface area contributed by atoms with Gasteiger partial charge in [0, 0.05) is 30.7 Å². The predicted molar refractivity (Wildman–Crippen MR) is 103 cm³/mol. The quantitative estimate of drug-likeness (QED) is 0.808. The second-order valence-corrected chi connectivity index (χ2v) is 9.72. The molecule has 0 saturated carbocycles. The van der Waals surface area contributed by atoms with Gasteiger partial charge in [-0.3, -0.25) is 4.79 Å². The molecule has 0 radical (unpaired) electrons. The van der Waals surface area contributed by atoms with Crippen LogP contribution >= 0.6 is 0 Å². The van der Waals surface area contributed by atoms with Gasteiger partial charge in [0.1, 0.15) is 0 Å². The monoisotopic (exact) mass is 378 g/mol. The first-order chi connectivity index (χ1) is 12.3. The fraction of sp³-hybridized carbons (Fsp3) is 0.650. The van der Waals surface area contributed by atoms with Crippen LogP contribution in [0, 0.1) is 6.92 Å². The molecule has 2 atom stereocenters. The molecule has 2 aliphatic rings. The summed E-state index contributed by atoms with van der Waals surface area (Å²) < 4.78 is 27.5. The maximum Gasteiger partial charge on any atom is 0.254 e. The van der Waals surface area contributed by atoms with Crippen molar-refractivity contribution in [3.63, 3.8) is 0 Å². The summed E-state index contributed by atoms with van der Waals surface area (Å²) in [7, 11) is -3.53. The highest BCUT2D eigenvalue weighted by molar-refractivity contribution is 7.89. The average molecular weight is 379 g/mol. The zero-order chi connectivity index (χ0) is 18.9. The Morgan fingerprint density at radius 3 is 2.23 bits per heavy atom. The van der Waals surface area contributed by atoms with E-state index in [-0.39, 0.29) is 22.9 Å². The summed E-state index contributed by atoms with van der Waals surface area (Å²) in [6.45, 7) is 7.18. The fourth-order valence-corrected chi connectivity index (χ4v) is 5.75. The van der Waals surface area contributed by atoms with Crippen LogP contribution < -0.4 is 0 Å². The van der Waals surface area contributed by atoms with Gasteiger partial charge in [0.15, 0.2) is 0 Å². The van der Waals surface area contributed by atoms with E-state index in [1.807, 2.05) is 11.8 Å². The zero-order valence-corrected chi connectivity index (χ0v) is 16.9. The molecule has 1 amide bonds. The first-order valence-electron chi connectivity index (χ1n) is 9.76. The van der Waals surface area contributed by atoms with Gasteiger partial charge < -0.3 is 4.90 Å². The molecular weight excluding hydrogens is 348 g/mol. The van der Waals surface area contributed by atoms with Crippen molar-refractivity contribution in [2.75, 3.05) is 13.1 Å². The van der Waals surface area contributed by atoms with E-state index in [0.717, 1.165) is 44.1 Å². The standard InChI is InChI=1S/C20H30N2O3S/c1-15-10-11-18(26(24,25)21-12-5-4-6-13-21)14-19(15)20(23)22-16(2)8-7-9-17(22)3/h10-11,14,16-17H,4-9,12-13H2,1-3H3/t16-,17+. The van der Waals surface area contributed by atoms with Gasteiger partial charge in [-0.25, -0.2) is 8.42 Å². The van der Waals surface area contributed by atoms with E-state index in [0.29, 0.717) is 18.7 Å². The second-order valence-electron chi connectivity index (χ2n) is 7.78. The normalized spacial score (nSPS) is 25.3. The lowest BCUT2D eigenvalue weighted by Gasteiger charge is -2.39. The Morgan fingerprint density at radius 1 is 1.00 bits per heavy atom. The molecule has 26 heavy (non-hydrogen) atoms. The number of rotatable bonds is 3. The Bertz CT molecular complexity index is 759. The van der Waals surface area contributed by atoms with Crippen LogP contribution in [0.3, 0.4) is 0 Å². The van der Waals surface area contributed by atoms with Crippen molar-refractivity contribution in [3.8, 4) is 0 Å². The van der Waals surface area contributed by atoms with Crippen LogP contribution in [0.25, 0.3) is 0 Å². The topological polar surface area (TPSA) is 57.7 Å². The molecule has 0 bridgehead atoms. The second kappa shape index (κ2) is 7.69. The minimum absolute atomic E-state index is 0.0436. The number of carbonyl (C=O) groups is 1. The SMILES string of the molecule is Cc1ccc(S(=O)(=O)N2CCCCC2)cc1C(=O)N1[C@H](C)CCC[C@@H]1C.